The summed E-state index contributed by atoms with van der Waals surface area (Å²) in [5.41, 5.74) is 1.26. The van der Waals surface area contributed by atoms with Crippen molar-refractivity contribution < 1.29 is 9.15 Å². The lowest BCUT2D eigenvalue weighted by atomic mass is 9.98. The summed E-state index contributed by atoms with van der Waals surface area (Å²) >= 11 is 0. The van der Waals surface area contributed by atoms with Crippen LogP contribution in [-0.4, -0.2) is 18.5 Å². The Balaban J connectivity index is 1.81. The number of allylic oxidation sites excluding steroid dienone is 1. The lowest BCUT2D eigenvalue weighted by Gasteiger charge is -2.15. The summed E-state index contributed by atoms with van der Waals surface area (Å²) in [6.45, 7) is 8.50. The first-order chi connectivity index (χ1) is 11.9. The van der Waals surface area contributed by atoms with Gasteiger partial charge in [-0.1, -0.05) is 30.0 Å². The average Bonchev–Trinajstić information content (AvgIpc) is 3.05. The summed E-state index contributed by atoms with van der Waals surface area (Å²) in [6.07, 6.45) is 5.68. The first-order valence-corrected chi connectivity index (χ1v) is 8.53. The van der Waals surface area contributed by atoms with E-state index < -0.39 is 0 Å². The molecular formula is C22H27NO2. The van der Waals surface area contributed by atoms with Gasteiger partial charge in [0, 0.05) is 18.5 Å². The third-order valence-electron chi connectivity index (χ3n) is 3.38. The minimum Gasteiger partial charge on any atom is -0.486 e. The van der Waals surface area contributed by atoms with Crippen molar-refractivity contribution in [2.45, 2.75) is 33.9 Å². The summed E-state index contributed by atoms with van der Waals surface area (Å²) in [5, 5.41) is 0. The van der Waals surface area contributed by atoms with Gasteiger partial charge in [0.1, 0.15) is 18.1 Å². The second kappa shape index (κ2) is 9.15. The Morgan fingerprint density at radius 3 is 2.76 bits per heavy atom. The fraction of sp³-hybridized carbons (Fsp3) is 0.364. The molecule has 1 aromatic carbocycles. The minimum absolute atomic E-state index is 0.0479. The van der Waals surface area contributed by atoms with Crippen molar-refractivity contribution >= 4 is 0 Å². The molecule has 1 aromatic heterocycles. The van der Waals surface area contributed by atoms with Crippen molar-refractivity contribution in [3.05, 3.63) is 66.1 Å². The Bertz CT molecular complexity index is 727. The number of rotatable bonds is 7. The van der Waals surface area contributed by atoms with Gasteiger partial charge < -0.3 is 9.15 Å². The lowest BCUT2D eigenvalue weighted by Crippen LogP contribution is -2.17. The van der Waals surface area contributed by atoms with Gasteiger partial charge in [0.25, 0.3) is 0 Å². The summed E-state index contributed by atoms with van der Waals surface area (Å²) < 4.78 is 11.1. The molecule has 0 spiro atoms. The van der Waals surface area contributed by atoms with Gasteiger partial charge in [0.15, 0.2) is 0 Å². The summed E-state index contributed by atoms with van der Waals surface area (Å²) in [7, 11) is 2.10. The van der Waals surface area contributed by atoms with Crippen LogP contribution in [0, 0.1) is 17.3 Å². The molecule has 0 aliphatic heterocycles. The molecule has 0 saturated carbocycles. The van der Waals surface area contributed by atoms with E-state index in [1.807, 2.05) is 30.3 Å². The van der Waals surface area contributed by atoms with E-state index in [4.69, 9.17) is 9.15 Å². The van der Waals surface area contributed by atoms with E-state index in [1.165, 1.54) is 5.56 Å². The Morgan fingerprint density at radius 1 is 1.20 bits per heavy atom. The maximum absolute atomic E-state index is 5.77. The molecule has 0 aliphatic carbocycles. The van der Waals surface area contributed by atoms with Crippen LogP contribution in [0.1, 0.15) is 32.1 Å². The first-order valence-electron chi connectivity index (χ1n) is 8.53. The monoisotopic (exact) mass is 337 g/mol. The molecule has 0 atom stereocenters. The van der Waals surface area contributed by atoms with Gasteiger partial charge in [-0.2, -0.15) is 0 Å². The lowest BCUT2D eigenvalue weighted by molar-refractivity contribution is 0.269. The van der Waals surface area contributed by atoms with Crippen LogP contribution in [0.25, 0.3) is 0 Å². The molecule has 0 amide bonds. The van der Waals surface area contributed by atoms with E-state index in [-0.39, 0.29) is 5.41 Å². The van der Waals surface area contributed by atoms with Gasteiger partial charge >= 0.3 is 0 Å². The third kappa shape index (κ3) is 7.78. The Morgan fingerprint density at radius 2 is 2.04 bits per heavy atom. The molecule has 0 N–H and O–H groups in total. The fourth-order valence-electron chi connectivity index (χ4n) is 2.21. The number of hydrogen-bond donors (Lipinski definition) is 0. The molecule has 0 saturated heterocycles. The molecule has 2 rings (SSSR count). The SMILES string of the molecule is CN(C/C=C\C#CC(C)(C)C)Cc1cccc(OCc2ccco2)c1. The molecule has 3 nitrogen and oxygen atoms in total. The van der Waals surface area contributed by atoms with Crippen LogP contribution in [0.3, 0.4) is 0 Å². The highest BCUT2D eigenvalue weighted by molar-refractivity contribution is 5.28. The molecule has 2 aromatic rings. The molecule has 0 radical (unpaired) electrons. The van der Waals surface area contributed by atoms with Crippen LogP contribution in [0.4, 0.5) is 0 Å². The van der Waals surface area contributed by atoms with Gasteiger partial charge in [-0.15, -0.1) is 0 Å². The van der Waals surface area contributed by atoms with Crippen molar-refractivity contribution in [1.82, 2.24) is 4.90 Å². The van der Waals surface area contributed by atoms with E-state index in [0.717, 1.165) is 24.6 Å². The molecule has 0 unspecified atom stereocenters. The van der Waals surface area contributed by atoms with Crippen molar-refractivity contribution in [1.29, 1.82) is 0 Å². The topological polar surface area (TPSA) is 25.6 Å². The van der Waals surface area contributed by atoms with E-state index in [0.29, 0.717) is 6.61 Å². The first kappa shape index (κ1) is 18.9. The highest BCUT2D eigenvalue weighted by atomic mass is 16.5. The number of hydrogen-bond acceptors (Lipinski definition) is 3. The zero-order chi connectivity index (χ0) is 18.1. The highest BCUT2D eigenvalue weighted by Gasteiger charge is 2.03. The van der Waals surface area contributed by atoms with E-state index in [1.54, 1.807) is 6.26 Å². The van der Waals surface area contributed by atoms with Gasteiger partial charge in [0.2, 0.25) is 0 Å². The Labute approximate surface area is 151 Å². The van der Waals surface area contributed by atoms with Gasteiger partial charge in [0.05, 0.1) is 6.26 Å². The van der Waals surface area contributed by atoms with Crippen LogP contribution < -0.4 is 4.74 Å². The fourth-order valence-corrected chi connectivity index (χ4v) is 2.21. The van der Waals surface area contributed by atoms with Crippen LogP contribution in [0.15, 0.2) is 59.2 Å². The molecule has 3 heteroatoms. The normalized spacial score (nSPS) is 11.6. The second-order valence-corrected chi connectivity index (χ2v) is 7.13. The molecule has 1 heterocycles. The molecule has 132 valence electrons. The number of furan rings is 1. The minimum atomic E-state index is 0.0479. The van der Waals surface area contributed by atoms with Gasteiger partial charge in [-0.25, -0.2) is 0 Å². The standard InChI is InChI=1S/C22H27NO2/c1-22(2,3)13-6-5-7-14-23(4)17-19-10-8-11-20(16-19)25-18-21-12-9-15-24-21/h5,7-12,15-16H,14,17-18H2,1-4H3/b7-5-. The summed E-state index contributed by atoms with van der Waals surface area (Å²) in [4.78, 5) is 2.24. The molecule has 0 bridgehead atoms. The molecule has 0 fully saturated rings. The van der Waals surface area contributed by atoms with Gasteiger partial charge in [-0.05, 0) is 63.7 Å². The van der Waals surface area contributed by atoms with Crippen molar-refractivity contribution in [2.24, 2.45) is 5.41 Å². The Kier molecular flexibility index (Phi) is 6.91. The van der Waals surface area contributed by atoms with E-state index in [2.05, 4.69) is 62.8 Å². The highest BCUT2D eigenvalue weighted by Crippen LogP contribution is 2.16. The van der Waals surface area contributed by atoms with Crippen molar-refractivity contribution in [2.75, 3.05) is 13.6 Å². The maximum atomic E-state index is 5.77. The van der Waals surface area contributed by atoms with Crippen molar-refractivity contribution in [3.63, 3.8) is 0 Å². The zero-order valence-corrected chi connectivity index (χ0v) is 15.6. The molecular weight excluding hydrogens is 310 g/mol. The van der Waals surface area contributed by atoms with Crippen LogP contribution >= 0.6 is 0 Å². The summed E-state index contributed by atoms with van der Waals surface area (Å²) in [5.74, 6) is 7.98. The van der Waals surface area contributed by atoms with Crippen LogP contribution in [0.5, 0.6) is 5.75 Å². The average molecular weight is 337 g/mol. The number of ether oxygens (including phenoxy) is 1. The second-order valence-electron chi connectivity index (χ2n) is 7.13. The molecule has 25 heavy (non-hydrogen) atoms. The maximum Gasteiger partial charge on any atom is 0.146 e. The number of nitrogens with zero attached hydrogens (tertiary/aromatic N) is 1. The van der Waals surface area contributed by atoms with E-state index in [9.17, 15) is 0 Å². The Hall–Kier alpha value is -2.44. The number of benzene rings is 1. The predicted octanol–water partition coefficient (Wildman–Crippen LogP) is 4.90. The zero-order valence-electron chi connectivity index (χ0n) is 15.6. The largest absolute Gasteiger partial charge is 0.486 e. The smallest absolute Gasteiger partial charge is 0.146 e. The van der Waals surface area contributed by atoms with Crippen molar-refractivity contribution in [3.8, 4) is 17.6 Å². The quantitative estimate of drug-likeness (QED) is 0.672. The molecule has 0 aliphatic rings. The predicted molar refractivity (Wildman–Crippen MR) is 102 cm³/mol. The van der Waals surface area contributed by atoms with Crippen LogP contribution in [0.2, 0.25) is 0 Å². The van der Waals surface area contributed by atoms with E-state index >= 15 is 0 Å². The van der Waals surface area contributed by atoms with Gasteiger partial charge in [-0.3, -0.25) is 4.90 Å². The number of likely N-dealkylation sites (N-methyl/N-ethyl adjacent to an activating group) is 1. The van der Waals surface area contributed by atoms with Crippen LogP contribution in [-0.2, 0) is 13.2 Å². The third-order valence-corrected chi connectivity index (χ3v) is 3.38. The summed E-state index contributed by atoms with van der Waals surface area (Å²) in [6, 6.07) is 11.9.